The maximum absolute atomic E-state index is 12.7. The van der Waals surface area contributed by atoms with Gasteiger partial charge in [-0.3, -0.25) is 4.79 Å². The second-order valence-electron chi connectivity index (χ2n) is 7.42. The number of carbonyl (C=O) groups excluding carboxylic acids is 1. The summed E-state index contributed by atoms with van der Waals surface area (Å²) in [6.07, 6.45) is 4.43. The zero-order valence-corrected chi connectivity index (χ0v) is 17.9. The SMILES string of the molecule is O=C(CCc1ccccc1C(=O)O)c1cccc(C=Cc2ccc3ccc(Cl)cc3n2)c1. The van der Waals surface area contributed by atoms with Gasteiger partial charge in [0.2, 0.25) is 0 Å². The monoisotopic (exact) mass is 441 g/mol. The van der Waals surface area contributed by atoms with Gasteiger partial charge in [0.1, 0.15) is 0 Å². The van der Waals surface area contributed by atoms with Crippen LogP contribution in [0.15, 0.2) is 78.9 Å². The predicted octanol–water partition coefficient (Wildman–Crippen LogP) is 6.57. The highest BCUT2D eigenvalue weighted by Crippen LogP contribution is 2.19. The minimum atomic E-state index is -0.982. The predicted molar refractivity (Wildman–Crippen MR) is 128 cm³/mol. The summed E-state index contributed by atoms with van der Waals surface area (Å²) in [5.74, 6) is -1.01. The zero-order chi connectivity index (χ0) is 22.5. The van der Waals surface area contributed by atoms with Gasteiger partial charge in [-0.05, 0) is 54.0 Å². The minimum absolute atomic E-state index is 0.0288. The van der Waals surface area contributed by atoms with Gasteiger partial charge in [0.25, 0.3) is 0 Å². The Hall–Kier alpha value is -3.76. The molecule has 0 saturated carbocycles. The van der Waals surface area contributed by atoms with Crippen LogP contribution in [-0.2, 0) is 6.42 Å². The van der Waals surface area contributed by atoms with Gasteiger partial charge in [0, 0.05) is 22.4 Å². The Morgan fingerprint density at radius 2 is 1.72 bits per heavy atom. The normalized spacial score (nSPS) is 11.2. The van der Waals surface area contributed by atoms with Crippen LogP contribution in [0, 0.1) is 0 Å². The Morgan fingerprint density at radius 3 is 2.56 bits per heavy atom. The van der Waals surface area contributed by atoms with Crippen molar-refractivity contribution in [3.05, 3.63) is 112 Å². The summed E-state index contributed by atoms with van der Waals surface area (Å²) in [4.78, 5) is 28.7. The van der Waals surface area contributed by atoms with Gasteiger partial charge in [-0.25, -0.2) is 9.78 Å². The summed E-state index contributed by atoms with van der Waals surface area (Å²) in [7, 11) is 0. The summed E-state index contributed by atoms with van der Waals surface area (Å²) < 4.78 is 0. The smallest absolute Gasteiger partial charge is 0.335 e. The van der Waals surface area contributed by atoms with Crippen molar-refractivity contribution >= 4 is 46.4 Å². The van der Waals surface area contributed by atoms with Crippen molar-refractivity contribution in [2.75, 3.05) is 0 Å². The molecule has 3 aromatic carbocycles. The first-order chi connectivity index (χ1) is 15.5. The number of fused-ring (bicyclic) bond motifs is 1. The van der Waals surface area contributed by atoms with Gasteiger partial charge in [-0.2, -0.15) is 0 Å². The number of aryl methyl sites for hydroxylation is 1. The van der Waals surface area contributed by atoms with E-state index in [4.69, 9.17) is 11.6 Å². The van der Waals surface area contributed by atoms with Crippen LogP contribution in [-0.4, -0.2) is 21.8 Å². The Labute approximate surface area is 190 Å². The van der Waals surface area contributed by atoms with E-state index in [2.05, 4.69) is 4.98 Å². The van der Waals surface area contributed by atoms with E-state index < -0.39 is 5.97 Å². The van der Waals surface area contributed by atoms with Crippen LogP contribution in [0.3, 0.4) is 0 Å². The molecule has 0 atom stereocenters. The molecule has 1 N–H and O–H groups in total. The van der Waals surface area contributed by atoms with Crippen molar-refractivity contribution in [2.45, 2.75) is 12.8 Å². The van der Waals surface area contributed by atoms with E-state index >= 15 is 0 Å². The molecular formula is C27H20ClNO3. The van der Waals surface area contributed by atoms with Gasteiger partial charge < -0.3 is 5.11 Å². The fourth-order valence-electron chi connectivity index (χ4n) is 3.54. The highest BCUT2D eigenvalue weighted by Gasteiger charge is 2.12. The first kappa shape index (κ1) is 21.5. The van der Waals surface area contributed by atoms with E-state index in [0.717, 1.165) is 22.2 Å². The number of hydrogen-bond acceptors (Lipinski definition) is 3. The first-order valence-electron chi connectivity index (χ1n) is 10.2. The van der Waals surface area contributed by atoms with Crippen LogP contribution in [0.2, 0.25) is 5.02 Å². The standard InChI is InChI=1S/C27H20ClNO3/c28-22-12-9-20-10-14-23(29-25(20)17-22)13-8-18-4-3-6-21(16-18)26(30)15-11-19-5-1-2-7-24(19)27(31)32/h1-10,12-14,16-17H,11,15H2,(H,31,32). The molecule has 5 heteroatoms. The number of aromatic carboxylic acids is 1. The molecule has 158 valence electrons. The highest BCUT2D eigenvalue weighted by atomic mass is 35.5. The molecule has 0 amide bonds. The quantitative estimate of drug-likeness (QED) is 0.329. The number of nitrogens with zero attached hydrogens (tertiary/aromatic N) is 1. The maximum atomic E-state index is 12.7. The summed E-state index contributed by atoms with van der Waals surface area (Å²) in [5, 5.41) is 11.0. The van der Waals surface area contributed by atoms with Gasteiger partial charge in [-0.1, -0.05) is 66.2 Å². The number of rotatable bonds is 7. The van der Waals surface area contributed by atoms with Crippen molar-refractivity contribution in [1.29, 1.82) is 0 Å². The van der Waals surface area contributed by atoms with Crippen molar-refractivity contribution in [2.24, 2.45) is 0 Å². The van der Waals surface area contributed by atoms with Crippen LogP contribution < -0.4 is 0 Å². The van der Waals surface area contributed by atoms with Crippen LogP contribution >= 0.6 is 11.6 Å². The molecule has 4 aromatic rings. The Balaban J connectivity index is 1.47. The lowest BCUT2D eigenvalue weighted by Gasteiger charge is -2.06. The van der Waals surface area contributed by atoms with Crippen molar-refractivity contribution < 1.29 is 14.7 Å². The number of ketones is 1. The minimum Gasteiger partial charge on any atom is -0.478 e. The first-order valence-corrected chi connectivity index (χ1v) is 10.6. The lowest BCUT2D eigenvalue weighted by atomic mass is 9.98. The molecule has 32 heavy (non-hydrogen) atoms. The molecule has 0 aliphatic heterocycles. The second-order valence-corrected chi connectivity index (χ2v) is 7.85. The lowest BCUT2D eigenvalue weighted by Crippen LogP contribution is -2.06. The maximum Gasteiger partial charge on any atom is 0.335 e. The number of hydrogen-bond donors (Lipinski definition) is 1. The highest BCUT2D eigenvalue weighted by molar-refractivity contribution is 6.31. The molecule has 4 rings (SSSR count). The van der Waals surface area contributed by atoms with Crippen LogP contribution in [0.25, 0.3) is 23.1 Å². The summed E-state index contributed by atoms with van der Waals surface area (Å²) in [6.45, 7) is 0. The summed E-state index contributed by atoms with van der Waals surface area (Å²) in [6, 6.07) is 23.7. The van der Waals surface area contributed by atoms with E-state index in [1.807, 2.05) is 60.7 Å². The van der Waals surface area contributed by atoms with E-state index in [9.17, 15) is 14.7 Å². The lowest BCUT2D eigenvalue weighted by molar-refractivity contribution is 0.0695. The number of carboxylic acids is 1. The number of carboxylic acid groups (broad SMARTS) is 1. The molecule has 1 aromatic heterocycles. The van der Waals surface area contributed by atoms with Crippen LogP contribution in [0.4, 0.5) is 0 Å². The zero-order valence-electron chi connectivity index (χ0n) is 17.2. The number of aromatic nitrogens is 1. The molecule has 0 unspecified atom stereocenters. The topological polar surface area (TPSA) is 67.3 Å². The number of pyridine rings is 1. The molecule has 0 aliphatic rings. The molecule has 0 radical (unpaired) electrons. The van der Waals surface area contributed by atoms with E-state index in [0.29, 0.717) is 22.6 Å². The van der Waals surface area contributed by atoms with Gasteiger partial charge >= 0.3 is 5.97 Å². The molecule has 0 saturated heterocycles. The third-order valence-electron chi connectivity index (χ3n) is 5.20. The van der Waals surface area contributed by atoms with Crippen molar-refractivity contribution in [1.82, 2.24) is 4.98 Å². The summed E-state index contributed by atoms with van der Waals surface area (Å²) in [5.41, 5.74) is 3.99. The van der Waals surface area contributed by atoms with Crippen LogP contribution in [0.5, 0.6) is 0 Å². The molecule has 0 bridgehead atoms. The van der Waals surface area contributed by atoms with Gasteiger partial charge in [0.15, 0.2) is 5.78 Å². The van der Waals surface area contributed by atoms with Gasteiger partial charge in [0.05, 0.1) is 16.8 Å². The number of benzene rings is 3. The molecular weight excluding hydrogens is 422 g/mol. The molecule has 0 aliphatic carbocycles. The van der Waals surface area contributed by atoms with Crippen molar-refractivity contribution in [3.8, 4) is 0 Å². The number of carbonyl (C=O) groups is 2. The largest absolute Gasteiger partial charge is 0.478 e. The fraction of sp³-hybridized carbons (Fsp3) is 0.0741. The Kier molecular flexibility index (Phi) is 6.43. The number of halogens is 1. The Bertz CT molecular complexity index is 1340. The Morgan fingerprint density at radius 1 is 0.906 bits per heavy atom. The van der Waals surface area contributed by atoms with E-state index in [-0.39, 0.29) is 17.8 Å². The third-order valence-corrected chi connectivity index (χ3v) is 5.44. The van der Waals surface area contributed by atoms with Crippen LogP contribution in [0.1, 0.15) is 44.0 Å². The second kappa shape index (κ2) is 9.58. The summed E-state index contributed by atoms with van der Waals surface area (Å²) >= 11 is 6.06. The molecule has 0 spiro atoms. The van der Waals surface area contributed by atoms with Gasteiger partial charge in [-0.15, -0.1) is 0 Å². The molecule has 4 nitrogen and oxygen atoms in total. The average Bonchev–Trinajstić information content (AvgIpc) is 2.81. The molecule has 1 heterocycles. The molecule has 0 fully saturated rings. The number of Topliss-reactive ketones (excluding diaryl/α,β-unsaturated/α-hetero) is 1. The van der Waals surface area contributed by atoms with Crippen molar-refractivity contribution in [3.63, 3.8) is 0 Å². The fourth-order valence-corrected chi connectivity index (χ4v) is 3.70. The average molecular weight is 442 g/mol. The third kappa shape index (κ3) is 5.10. The van der Waals surface area contributed by atoms with E-state index in [1.165, 1.54) is 0 Å². The van der Waals surface area contributed by atoms with E-state index in [1.54, 1.807) is 30.3 Å².